The number of para-hydroxylation sites is 1. The van der Waals surface area contributed by atoms with Crippen LogP contribution in [0.15, 0.2) is 54.6 Å². The Morgan fingerprint density at radius 3 is 2.32 bits per heavy atom. The molecule has 2 aromatic carbocycles. The van der Waals surface area contributed by atoms with Crippen molar-refractivity contribution in [1.82, 2.24) is 0 Å². The van der Waals surface area contributed by atoms with E-state index in [1.807, 2.05) is 64.8 Å². The number of carbonyl (C=O) groups is 1. The van der Waals surface area contributed by atoms with Gasteiger partial charge >= 0.3 is 127 Å². The molecule has 0 aliphatic rings. The molecule has 3 heteroatoms. The normalized spacial score (nSPS) is 11.9. The molecule has 0 heterocycles. The summed E-state index contributed by atoms with van der Waals surface area (Å²) >= 11 is 1.81. The number of carbonyl (C=O) groups excluding carboxylic acids is 1. The van der Waals surface area contributed by atoms with Crippen molar-refractivity contribution in [2.45, 2.75) is 17.3 Å². The van der Waals surface area contributed by atoms with Crippen molar-refractivity contribution in [3.8, 4) is 5.75 Å². The van der Waals surface area contributed by atoms with E-state index in [9.17, 15) is 4.79 Å². The first-order chi connectivity index (χ1) is 9.20. The van der Waals surface area contributed by atoms with Crippen LogP contribution in [0.4, 0.5) is 0 Å². The van der Waals surface area contributed by atoms with E-state index in [1.54, 1.807) is 12.1 Å². The van der Waals surface area contributed by atoms with Crippen molar-refractivity contribution < 1.29 is 9.53 Å². The summed E-state index contributed by atoms with van der Waals surface area (Å²) in [5.74, 6) is 0.791. The van der Waals surface area contributed by atoms with Crippen LogP contribution < -0.4 is 4.74 Å². The Bertz CT molecular complexity index is 534. The Kier molecular flexibility index (Phi) is 5.01. The molecule has 1 atom stereocenters. The van der Waals surface area contributed by atoms with E-state index in [0.29, 0.717) is 17.2 Å². The summed E-state index contributed by atoms with van der Waals surface area (Å²) in [7, 11) is 0. The average Bonchev–Trinajstić information content (AvgIpc) is 2.47. The zero-order valence-corrected chi connectivity index (χ0v) is 13.3. The molecule has 2 rings (SSSR count). The monoisotopic (exact) mass is 370 g/mol. The summed E-state index contributed by atoms with van der Waals surface area (Å²) in [6.07, 6.45) is 0. The van der Waals surface area contributed by atoms with E-state index in [-0.39, 0.29) is 5.97 Å². The number of benzene rings is 2. The maximum atomic E-state index is 11.9. The fourth-order valence-electron chi connectivity index (χ4n) is 1.71. The first kappa shape index (κ1) is 14.1. The molecule has 0 saturated carbocycles. The molecule has 0 aliphatic carbocycles. The second-order valence-corrected chi connectivity index (χ2v) is 5.45. The zero-order valence-electron chi connectivity index (χ0n) is 10.7. The van der Waals surface area contributed by atoms with Gasteiger partial charge in [0.25, 0.3) is 0 Å². The SMILES string of the molecule is CC(C[TeH])c1ccc(C(=O)Oc2ccccc2)cc1. The fourth-order valence-corrected chi connectivity index (χ4v) is 2.31. The number of rotatable bonds is 4. The topological polar surface area (TPSA) is 26.3 Å². The molecule has 0 radical (unpaired) electrons. The Hall–Kier alpha value is -1.30. The van der Waals surface area contributed by atoms with Crippen LogP contribution >= 0.6 is 0 Å². The van der Waals surface area contributed by atoms with E-state index < -0.39 is 0 Å². The Labute approximate surface area is 126 Å². The number of ether oxygens (including phenoxy) is 1. The maximum absolute atomic E-state index is 11.9. The van der Waals surface area contributed by atoms with E-state index >= 15 is 0 Å². The van der Waals surface area contributed by atoms with Crippen molar-refractivity contribution in [3.05, 3.63) is 65.7 Å². The third kappa shape index (κ3) is 3.83. The number of hydrogen-bond acceptors (Lipinski definition) is 2. The van der Waals surface area contributed by atoms with Crippen LogP contribution in [-0.4, -0.2) is 28.3 Å². The van der Waals surface area contributed by atoms with Crippen LogP contribution in [-0.2, 0) is 0 Å². The Balaban J connectivity index is 2.08. The molecule has 0 fully saturated rings. The summed E-state index contributed by atoms with van der Waals surface area (Å²) in [6.45, 7) is 2.19. The molecule has 2 nitrogen and oxygen atoms in total. The van der Waals surface area contributed by atoms with E-state index in [2.05, 4.69) is 6.92 Å². The van der Waals surface area contributed by atoms with Crippen LogP contribution in [0.25, 0.3) is 0 Å². The van der Waals surface area contributed by atoms with Crippen LogP contribution in [0, 0.1) is 0 Å². The minimum absolute atomic E-state index is 0.315. The van der Waals surface area contributed by atoms with Crippen molar-refractivity contribution in [2.75, 3.05) is 0 Å². The molecule has 1 unspecified atom stereocenters. The Morgan fingerprint density at radius 1 is 1.11 bits per heavy atom. The van der Waals surface area contributed by atoms with Crippen molar-refractivity contribution >= 4 is 28.3 Å². The van der Waals surface area contributed by atoms with Crippen LogP contribution in [0.1, 0.15) is 28.8 Å². The molecule has 0 bridgehead atoms. The van der Waals surface area contributed by atoms with E-state index in [0.717, 1.165) is 4.47 Å². The van der Waals surface area contributed by atoms with Gasteiger partial charge in [0.15, 0.2) is 0 Å². The second-order valence-electron chi connectivity index (χ2n) is 4.41. The molecule has 2 aromatic rings. The van der Waals surface area contributed by atoms with Crippen LogP contribution in [0.3, 0.4) is 0 Å². The van der Waals surface area contributed by atoms with Crippen molar-refractivity contribution in [1.29, 1.82) is 0 Å². The summed E-state index contributed by atoms with van der Waals surface area (Å²) < 4.78 is 6.43. The second kappa shape index (κ2) is 6.75. The molecule has 19 heavy (non-hydrogen) atoms. The summed E-state index contributed by atoms with van der Waals surface area (Å²) in [5.41, 5.74) is 1.84. The third-order valence-corrected chi connectivity index (χ3v) is 4.51. The molecular weight excluding hydrogens is 352 g/mol. The van der Waals surface area contributed by atoms with Gasteiger partial charge in [0.2, 0.25) is 0 Å². The molecule has 0 N–H and O–H groups in total. The van der Waals surface area contributed by atoms with Gasteiger partial charge < -0.3 is 0 Å². The van der Waals surface area contributed by atoms with Gasteiger partial charge in [-0.3, -0.25) is 0 Å². The number of esters is 1. The summed E-state index contributed by atoms with van der Waals surface area (Å²) in [4.78, 5) is 11.9. The average molecular weight is 368 g/mol. The van der Waals surface area contributed by atoms with Gasteiger partial charge in [-0.15, -0.1) is 0 Å². The summed E-state index contributed by atoms with van der Waals surface area (Å²) in [5, 5.41) is 0. The zero-order chi connectivity index (χ0) is 13.7. The van der Waals surface area contributed by atoms with Crippen LogP contribution in [0.2, 0.25) is 4.47 Å². The molecule has 0 saturated heterocycles. The first-order valence-corrected chi connectivity index (χ1v) is 7.99. The third-order valence-electron chi connectivity index (χ3n) is 2.94. The standard InChI is InChI=1S/C16H16O2Te/c1-12(11-19)13-7-9-14(10-8-13)16(17)18-15-5-3-2-4-6-15/h2-10,12,19H,11H2,1H3. The van der Waals surface area contributed by atoms with Gasteiger partial charge in [-0.05, 0) is 0 Å². The van der Waals surface area contributed by atoms with Crippen molar-refractivity contribution in [3.63, 3.8) is 0 Å². The molecule has 0 aliphatic heterocycles. The van der Waals surface area contributed by atoms with Gasteiger partial charge in [-0.25, -0.2) is 0 Å². The van der Waals surface area contributed by atoms with Crippen LogP contribution in [0.5, 0.6) is 5.75 Å². The molecule has 98 valence electrons. The predicted octanol–water partition coefficient (Wildman–Crippen LogP) is 3.33. The number of hydrogen-bond donors (Lipinski definition) is 0. The molecule has 0 amide bonds. The van der Waals surface area contributed by atoms with Gasteiger partial charge in [0.1, 0.15) is 0 Å². The fraction of sp³-hybridized carbons (Fsp3) is 0.188. The molecular formula is C16H16O2Te. The predicted molar refractivity (Wildman–Crippen MR) is 78.2 cm³/mol. The molecule has 0 spiro atoms. The Morgan fingerprint density at radius 2 is 1.74 bits per heavy atom. The minimum atomic E-state index is -0.315. The quantitative estimate of drug-likeness (QED) is 0.470. The van der Waals surface area contributed by atoms with Gasteiger partial charge in [0, 0.05) is 0 Å². The molecule has 0 aromatic heterocycles. The van der Waals surface area contributed by atoms with Gasteiger partial charge in [0.05, 0.1) is 0 Å². The van der Waals surface area contributed by atoms with E-state index in [1.165, 1.54) is 5.56 Å². The first-order valence-electron chi connectivity index (χ1n) is 6.18. The van der Waals surface area contributed by atoms with Crippen molar-refractivity contribution in [2.24, 2.45) is 0 Å². The summed E-state index contributed by atoms with van der Waals surface area (Å²) in [6, 6.07) is 16.8. The van der Waals surface area contributed by atoms with Gasteiger partial charge in [-0.2, -0.15) is 0 Å². The van der Waals surface area contributed by atoms with Gasteiger partial charge in [-0.1, -0.05) is 0 Å². The van der Waals surface area contributed by atoms with E-state index in [4.69, 9.17) is 4.74 Å².